The summed E-state index contributed by atoms with van der Waals surface area (Å²) in [7, 11) is 0. The van der Waals surface area contributed by atoms with Crippen LogP contribution in [0.4, 0.5) is 0 Å². The van der Waals surface area contributed by atoms with Crippen LogP contribution in [0.3, 0.4) is 0 Å². The molecule has 0 fully saturated rings. The maximum absolute atomic E-state index is 11.7. The van der Waals surface area contributed by atoms with Gasteiger partial charge in [0.05, 0.1) is 11.6 Å². The van der Waals surface area contributed by atoms with Gasteiger partial charge in [0.1, 0.15) is 6.61 Å². The second-order valence-electron chi connectivity index (χ2n) is 5.21. The Morgan fingerprint density at radius 2 is 2.00 bits per heavy atom. The number of ether oxygens (including phenoxy) is 1. The molecule has 0 spiro atoms. The van der Waals surface area contributed by atoms with Crippen LogP contribution in [-0.4, -0.2) is 18.1 Å². The molecule has 0 bridgehead atoms. The molecule has 0 unspecified atom stereocenters. The number of hydrogen-bond acceptors (Lipinski definition) is 2. The lowest BCUT2D eigenvalue weighted by atomic mass is 10.1. The molecule has 0 saturated carbocycles. The summed E-state index contributed by atoms with van der Waals surface area (Å²) in [4.78, 5) is 11.7. The second kappa shape index (κ2) is 6.34. The molecule has 1 amide bonds. The van der Waals surface area contributed by atoms with Gasteiger partial charge in [-0.2, -0.15) is 0 Å². The minimum absolute atomic E-state index is 0.0448. The van der Waals surface area contributed by atoms with E-state index in [2.05, 4.69) is 21.2 Å². The van der Waals surface area contributed by atoms with Crippen molar-refractivity contribution in [1.82, 2.24) is 5.32 Å². The predicted octanol–water partition coefficient (Wildman–Crippen LogP) is 3.44. The van der Waals surface area contributed by atoms with Crippen LogP contribution in [0.5, 0.6) is 0 Å². The highest BCUT2D eigenvalue weighted by molar-refractivity contribution is 9.10. The summed E-state index contributed by atoms with van der Waals surface area (Å²) in [5, 5.41) is 2.92. The number of rotatable bonds is 4. The van der Waals surface area contributed by atoms with Crippen molar-refractivity contribution in [3.05, 3.63) is 34.3 Å². The van der Waals surface area contributed by atoms with E-state index in [-0.39, 0.29) is 24.2 Å². The number of benzene rings is 1. The van der Waals surface area contributed by atoms with Crippen LogP contribution in [0, 0.1) is 0 Å². The molecule has 1 aromatic rings. The van der Waals surface area contributed by atoms with Gasteiger partial charge in [-0.1, -0.05) is 34.1 Å². The van der Waals surface area contributed by atoms with E-state index in [0.717, 1.165) is 10.0 Å². The Bertz CT molecular complexity index is 413. The van der Waals surface area contributed by atoms with Crippen LogP contribution in [0.15, 0.2) is 28.7 Å². The third kappa shape index (κ3) is 5.19. The van der Waals surface area contributed by atoms with Crippen molar-refractivity contribution in [2.45, 2.75) is 39.3 Å². The fraction of sp³-hybridized carbons (Fsp3) is 0.500. The van der Waals surface area contributed by atoms with Crippen molar-refractivity contribution in [2.75, 3.05) is 6.61 Å². The zero-order valence-corrected chi connectivity index (χ0v) is 12.9. The van der Waals surface area contributed by atoms with Gasteiger partial charge >= 0.3 is 0 Å². The van der Waals surface area contributed by atoms with Gasteiger partial charge < -0.3 is 10.1 Å². The topological polar surface area (TPSA) is 38.3 Å². The number of carbonyl (C=O) groups excluding carboxylic acids is 1. The van der Waals surface area contributed by atoms with E-state index >= 15 is 0 Å². The van der Waals surface area contributed by atoms with Crippen LogP contribution in [0.25, 0.3) is 0 Å². The number of amides is 1. The molecular formula is C14H20BrNO2. The molecule has 0 saturated heterocycles. The van der Waals surface area contributed by atoms with Crippen LogP contribution in [0.1, 0.15) is 39.3 Å². The molecule has 0 aromatic heterocycles. The Morgan fingerprint density at radius 1 is 1.39 bits per heavy atom. The number of carbonyl (C=O) groups is 1. The van der Waals surface area contributed by atoms with Crippen molar-refractivity contribution < 1.29 is 9.53 Å². The molecule has 0 aliphatic carbocycles. The highest BCUT2D eigenvalue weighted by atomic mass is 79.9. The molecule has 4 heteroatoms. The number of halogens is 1. The first-order valence-corrected chi connectivity index (χ1v) is 6.76. The smallest absolute Gasteiger partial charge is 0.246 e. The Morgan fingerprint density at radius 3 is 2.56 bits per heavy atom. The van der Waals surface area contributed by atoms with Gasteiger partial charge in [0.15, 0.2) is 0 Å². The SMILES string of the molecule is C[C@H](NC(=O)COC(C)(C)C)c1ccccc1Br. The highest BCUT2D eigenvalue weighted by Gasteiger charge is 2.15. The van der Waals surface area contributed by atoms with E-state index in [4.69, 9.17) is 4.74 Å². The van der Waals surface area contributed by atoms with Gasteiger partial charge in [0.2, 0.25) is 5.91 Å². The summed E-state index contributed by atoms with van der Waals surface area (Å²) in [5.41, 5.74) is 0.759. The number of nitrogens with one attached hydrogen (secondary N) is 1. The molecule has 1 aromatic carbocycles. The Balaban J connectivity index is 2.53. The Hall–Kier alpha value is -0.870. The predicted molar refractivity (Wildman–Crippen MR) is 76.4 cm³/mol. The largest absolute Gasteiger partial charge is 0.366 e. The lowest BCUT2D eigenvalue weighted by Gasteiger charge is -2.21. The zero-order valence-electron chi connectivity index (χ0n) is 11.3. The van der Waals surface area contributed by atoms with Crippen LogP contribution >= 0.6 is 15.9 Å². The zero-order chi connectivity index (χ0) is 13.8. The van der Waals surface area contributed by atoms with Gasteiger partial charge in [-0.3, -0.25) is 4.79 Å². The summed E-state index contributed by atoms with van der Waals surface area (Å²) in [6.07, 6.45) is 0. The standard InChI is InChI=1S/C14H20BrNO2/c1-10(11-7-5-6-8-12(11)15)16-13(17)9-18-14(2,3)4/h5-8,10H,9H2,1-4H3,(H,16,17)/t10-/m0/s1. The lowest BCUT2D eigenvalue weighted by molar-refractivity contribution is -0.131. The fourth-order valence-corrected chi connectivity index (χ4v) is 2.10. The maximum atomic E-state index is 11.7. The maximum Gasteiger partial charge on any atom is 0.246 e. The molecule has 0 aliphatic rings. The van der Waals surface area contributed by atoms with Crippen molar-refractivity contribution in [2.24, 2.45) is 0 Å². The van der Waals surface area contributed by atoms with E-state index < -0.39 is 0 Å². The molecule has 1 N–H and O–H groups in total. The second-order valence-corrected chi connectivity index (χ2v) is 6.07. The van der Waals surface area contributed by atoms with Crippen LogP contribution in [0.2, 0.25) is 0 Å². The lowest BCUT2D eigenvalue weighted by Crippen LogP contribution is -2.33. The number of hydrogen-bond donors (Lipinski definition) is 1. The highest BCUT2D eigenvalue weighted by Crippen LogP contribution is 2.22. The minimum atomic E-state index is -0.298. The van der Waals surface area contributed by atoms with E-state index in [1.54, 1.807) is 0 Å². The Kier molecular flexibility index (Phi) is 5.35. The van der Waals surface area contributed by atoms with Gasteiger partial charge in [0.25, 0.3) is 0 Å². The summed E-state index contributed by atoms with van der Waals surface area (Å²) in [6, 6.07) is 7.80. The molecule has 3 nitrogen and oxygen atoms in total. The Labute approximate surface area is 117 Å². The summed E-state index contributed by atoms with van der Waals surface area (Å²) < 4.78 is 6.43. The fourth-order valence-electron chi connectivity index (χ4n) is 1.47. The minimum Gasteiger partial charge on any atom is -0.366 e. The molecular weight excluding hydrogens is 294 g/mol. The molecule has 100 valence electrons. The monoisotopic (exact) mass is 313 g/mol. The van der Waals surface area contributed by atoms with Crippen molar-refractivity contribution in [3.8, 4) is 0 Å². The van der Waals surface area contributed by atoms with Crippen molar-refractivity contribution in [1.29, 1.82) is 0 Å². The third-order valence-electron chi connectivity index (χ3n) is 2.39. The normalized spacial score (nSPS) is 13.2. The molecule has 18 heavy (non-hydrogen) atoms. The first kappa shape index (κ1) is 15.2. The first-order chi connectivity index (χ1) is 8.29. The van der Waals surface area contributed by atoms with Gasteiger partial charge in [-0.25, -0.2) is 0 Å². The molecule has 1 atom stereocenters. The van der Waals surface area contributed by atoms with Gasteiger partial charge in [-0.05, 0) is 39.3 Å². The van der Waals surface area contributed by atoms with Crippen LogP contribution < -0.4 is 5.32 Å². The first-order valence-electron chi connectivity index (χ1n) is 5.97. The van der Waals surface area contributed by atoms with Gasteiger partial charge in [-0.15, -0.1) is 0 Å². The van der Waals surface area contributed by atoms with E-state index in [0.29, 0.717) is 0 Å². The van der Waals surface area contributed by atoms with E-state index in [1.165, 1.54) is 0 Å². The van der Waals surface area contributed by atoms with Gasteiger partial charge in [0, 0.05) is 4.47 Å². The summed E-state index contributed by atoms with van der Waals surface area (Å²) >= 11 is 3.47. The molecule has 1 rings (SSSR count). The quantitative estimate of drug-likeness (QED) is 0.924. The van der Waals surface area contributed by atoms with E-state index in [9.17, 15) is 4.79 Å². The van der Waals surface area contributed by atoms with Crippen molar-refractivity contribution in [3.63, 3.8) is 0 Å². The van der Waals surface area contributed by atoms with E-state index in [1.807, 2.05) is 52.0 Å². The molecule has 0 radical (unpaired) electrons. The van der Waals surface area contributed by atoms with Crippen LogP contribution in [-0.2, 0) is 9.53 Å². The molecule has 0 heterocycles. The summed E-state index contributed by atoms with van der Waals surface area (Å²) in [6.45, 7) is 7.82. The third-order valence-corrected chi connectivity index (χ3v) is 3.11. The molecule has 0 aliphatic heterocycles. The van der Waals surface area contributed by atoms with Crippen molar-refractivity contribution >= 4 is 21.8 Å². The summed E-state index contributed by atoms with van der Waals surface area (Å²) in [5.74, 6) is -0.104. The average molecular weight is 314 g/mol. The average Bonchev–Trinajstić information content (AvgIpc) is 2.26.